The summed E-state index contributed by atoms with van der Waals surface area (Å²) in [5, 5.41) is 5.48. The Morgan fingerprint density at radius 3 is 2.35 bits per heavy atom. The number of anilines is 1. The van der Waals surface area contributed by atoms with E-state index in [1.54, 1.807) is 24.3 Å². The number of carbonyl (C=O) groups is 2. The second-order valence-corrected chi connectivity index (χ2v) is 8.11. The highest BCUT2D eigenvalue weighted by atomic mass is 32.2. The van der Waals surface area contributed by atoms with Crippen molar-refractivity contribution in [2.45, 2.75) is 31.4 Å². The normalized spacial score (nSPS) is 22.3. The van der Waals surface area contributed by atoms with Crippen molar-refractivity contribution in [1.29, 1.82) is 0 Å². The third-order valence-electron chi connectivity index (χ3n) is 3.76. The molecule has 0 radical (unpaired) electrons. The molecule has 7 nitrogen and oxygen atoms in total. The van der Waals surface area contributed by atoms with E-state index in [4.69, 9.17) is 4.74 Å². The number of nitrogens with one attached hydrogen (secondary N) is 2. The van der Waals surface area contributed by atoms with Gasteiger partial charge in [0.2, 0.25) is 0 Å². The first-order valence-electron chi connectivity index (χ1n) is 7.50. The molecule has 23 heavy (non-hydrogen) atoms. The summed E-state index contributed by atoms with van der Waals surface area (Å²) in [6, 6.07) is 6.30. The molecule has 8 heteroatoms. The molecule has 1 aromatic rings. The van der Waals surface area contributed by atoms with E-state index < -0.39 is 21.9 Å². The number of carbonyl (C=O) groups excluding carboxylic acids is 2. The lowest BCUT2D eigenvalue weighted by atomic mass is 10.2. The quantitative estimate of drug-likeness (QED) is 0.806. The van der Waals surface area contributed by atoms with Crippen molar-refractivity contribution in [1.82, 2.24) is 5.32 Å². The van der Waals surface area contributed by atoms with Gasteiger partial charge in [0.15, 0.2) is 9.84 Å². The molecule has 124 valence electrons. The van der Waals surface area contributed by atoms with E-state index in [1.807, 2.05) is 0 Å². The number of hydrogen-bond acceptors (Lipinski definition) is 5. The van der Waals surface area contributed by atoms with Gasteiger partial charge in [-0.1, -0.05) is 0 Å². The molecule has 0 unspecified atom stereocenters. The van der Waals surface area contributed by atoms with Gasteiger partial charge in [-0.2, -0.15) is 0 Å². The predicted octanol–water partition coefficient (Wildman–Crippen LogP) is 1.31. The Hall–Kier alpha value is -2.09. The third-order valence-corrected chi connectivity index (χ3v) is 5.49. The number of amides is 2. The second-order valence-electron chi connectivity index (χ2n) is 5.88. The fraction of sp³-hybridized carbons (Fsp3) is 0.467. The molecule has 1 aromatic carbocycles. The van der Waals surface area contributed by atoms with Crippen molar-refractivity contribution in [2.75, 3.05) is 16.8 Å². The minimum absolute atomic E-state index is 0.0594. The van der Waals surface area contributed by atoms with E-state index in [9.17, 15) is 18.0 Å². The lowest BCUT2D eigenvalue weighted by Crippen LogP contribution is -2.30. The summed E-state index contributed by atoms with van der Waals surface area (Å²) in [6.45, 7) is 0. The molecule has 0 spiro atoms. The number of ether oxygens (including phenoxy) is 1. The molecule has 2 aliphatic rings. The number of hydrogen-bond donors (Lipinski definition) is 2. The van der Waals surface area contributed by atoms with Gasteiger partial charge >= 0.3 is 12.0 Å². The minimum atomic E-state index is -3.08. The lowest BCUT2D eigenvalue weighted by molar-refractivity contribution is 0.0356. The van der Waals surface area contributed by atoms with Gasteiger partial charge in [-0.25, -0.2) is 18.0 Å². The summed E-state index contributed by atoms with van der Waals surface area (Å²) in [7, 11) is -3.08. The molecule has 2 N–H and O–H groups in total. The largest absolute Gasteiger partial charge is 0.458 e. The molecular weight excluding hydrogens is 320 g/mol. The molecule has 2 amide bonds. The van der Waals surface area contributed by atoms with Gasteiger partial charge in [-0.15, -0.1) is 0 Å². The van der Waals surface area contributed by atoms with Crippen LogP contribution < -0.4 is 10.6 Å². The maximum Gasteiger partial charge on any atom is 0.338 e. The van der Waals surface area contributed by atoms with Crippen molar-refractivity contribution < 1.29 is 22.7 Å². The van der Waals surface area contributed by atoms with Crippen LogP contribution in [0.15, 0.2) is 24.3 Å². The van der Waals surface area contributed by atoms with Crippen molar-refractivity contribution in [3.8, 4) is 0 Å². The maximum absolute atomic E-state index is 12.0. The highest BCUT2D eigenvalue weighted by molar-refractivity contribution is 7.91. The predicted molar refractivity (Wildman–Crippen MR) is 84.1 cm³/mol. The van der Waals surface area contributed by atoms with Crippen molar-refractivity contribution >= 4 is 27.5 Å². The standard InChI is InChI=1S/C15H18N2O5S/c18-14(22-13-7-8-23(20,21)9-13)10-1-3-11(4-2-10)16-15(19)17-12-5-6-12/h1-4,12-13H,5-9H2,(H2,16,17,19)/t13-/m0/s1. The first kappa shape index (κ1) is 15.8. The zero-order chi connectivity index (χ0) is 16.4. The fourth-order valence-corrected chi connectivity index (χ4v) is 3.93. The van der Waals surface area contributed by atoms with Crippen LogP contribution in [-0.4, -0.2) is 44.1 Å². The third kappa shape index (κ3) is 4.44. The summed E-state index contributed by atoms with van der Waals surface area (Å²) >= 11 is 0. The van der Waals surface area contributed by atoms with Crippen LogP contribution in [0.25, 0.3) is 0 Å². The average Bonchev–Trinajstić information content (AvgIpc) is 3.22. The van der Waals surface area contributed by atoms with Crippen LogP contribution in [0.3, 0.4) is 0 Å². The molecule has 2 fully saturated rings. The summed E-state index contributed by atoms with van der Waals surface area (Å²) < 4.78 is 27.9. The fourth-order valence-electron chi connectivity index (χ4n) is 2.34. The van der Waals surface area contributed by atoms with E-state index in [-0.39, 0.29) is 23.6 Å². The lowest BCUT2D eigenvalue weighted by Gasteiger charge is -2.11. The molecule has 1 saturated carbocycles. The highest BCUT2D eigenvalue weighted by Gasteiger charge is 2.31. The molecule has 1 saturated heterocycles. The van der Waals surface area contributed by atoms with Crippen LogP contribution in [0.4, 0.5) is 10.5 Å². The van der Waals surface area contributed by atoms with Crippen LogP contribution in [0.5, 0.6) is 0 Å². The van der Waals surface area contributed by atoms with Crippen molar-refractivity contribution in [3.63, 3.8) is 0 Å². The Morgan fingerprint density at radius 2 is 1.78 bits per heavy atom. The van der Waals surface area contributed by atoms with Crippen LogP contribution in [0.1, 0.15) is 29.6 Å². The van der Waals surface area contributed by atoms with Gasteiger partial charge in [-0.3, -0.25) is 0 Å². The topological polar surface area (TPSA) is 102 Å². The van der Waals surface area contributed by atoms with E-state index in [0.717, 1.165) is 12.8 Å². The number of urea groups is 1. The smallest absolute Gasteiger partial charge is 0.338 e. The van der Waals surface area contributed by atoms with Gasteiger partial charge in [0.05, 0.1) is 17.1 Å². The van der Waals surface area contributed by atoms with Gasteiger partial charge in [0.25, 0.3) is 0 Å². The monoisotopic (exact) mass is 338 g/mol. The molecular formula is C15H18N2O5S. The highest BCUT2D eigenvalue weighted by Crippen LogP contribution is 2.19. The Balaban J connectivity index is 1.53. The Morgan fingerprint density at radius 1 is 1.09 bits per heavy atom. The zero-order valence-electron chi connectivity index (χ0n) is 12.4. The summed E-state index contributed by atoms with van der Waals surface area (Å²) in [5.41, 5.74) is 0.894. The van der Waals surface area contributed by atoms with E-state index in [1.165, 1.54) is 0 Å². The molecule has 1 aliphatic heterocycles. The van der Waals surface area contributed by atoms with Crippen molar-refractivity contribution in [3.05, 3.63) is 29.8 Å². The van der Waals surface area contributed by atoms with E-state index in [0.29, 0.717) is 17.7 Å². The summed E-state index contributed by atoms with van der Waals surface area (Å²) in [5.74, 6) is -0.607. The first-order valence-corrected chi connectivity index (χ1v) is 9.32. The van der Waals surface area contributed by atoms with Crippen LogP contribution in [-0.2, 0) is 14.6 Å². The average molecular weight is 338 g/mol. The van der Waals surface area contributed by atoms with Crippen molar-refractivity contribution in [2.24, 2.45) is 0 Å². The SMILES string of the molecule is O=C(Nc1ccc(C(=O)O[C@H]2CCS(=O)(=O)C2)cc1)NC1CC1. The van der Waals surface area contributed by atoms with Gasteiger partial charge in [-0.05, 0) is 43.5 Å². The van der Waals surface area contributed by atoms with Crippen LogP contribution >= 0.6 is 0 Å². The van der Waals surface area contributed by atoms with E-state index in [2.05, 4.69) is 10.6 Å². The Kier molecular flexibility index (Phi) is 4.25. The zero-order valence-corrected chi connectivity index (χ0v) is 13.3. The van der Waals surface area contributed by atoms with Crippen LogP contribution in [0, 0.1) is 0 Å². The van der Waals surface area contributed by atoms with Gasteiger partial charge in [0, 0.05) is 11.7 Å². The number of benzene rings is 1. The second kappa shape index (κ2) is 6.19. The Bertz CT molecular complexity index is 710. The molecule has 3 rings (SSSR count). The number of rotatable bonds is 4. The number of esters is 1. The van der Waals surface area contributed by atoms with Crippen LogP contribution in [0.2, 0.25) is 0 Å². The molecule has 0 aromatic heterocycles. The van der Waals surface area contributed by atoms with E-state index >= 15 is 0 Å². The summed E-state index contributed by atoms with van der Waals surface area (Å²) in [6.07, 6.45) is 1.79. The molecule has 1 aliphatic carbocycles. The van der Waals surface area contributed by atoms with Gasteiger partial charge in [0.1, 0.15) is 6.10 Å². The Labute approximate surface area is 134 Å². The maximum atomic E-state index is 12.0. The molecule has 1 atom stereocenters. The molecule has 1 heterocycles. The minimum Gasteiger partial charge on any atom is -0.458 e. The van der Waals surface area contributed by atoms with Gasteiger partial charge < -0.3 is 15.4 Å². The first-order chi connectivity index (χ1) is 10.9. The summed E-state index contributed by atoms with van der Waals surface area (Å²) in [4.78, 5) is 23.6. The molecule has 0 bridgehead atoms. The number of sulfone groups is 1.